The van der Waals surface area contributed by atoms with E-state index < -0.39 is 11.4 Å². The number of rotatable bonds is 5. The van der Waals surface area contributed by atoms with Crippen LogP contribution in [0, 0.1) is 5.41 Å². The molecule has 0 radical (unpaired) electrons. The van der Waals surface area contributed by atoms with E-state index in [1.165, 1.54) is 0 Å². The number of hydrogen-bond donors (Lipinski definition) is 1. The van der Waals surface area contributed by atoms with E-state index in [0.29, 0.717) is 6.42 Å². The molecule has 0 amide bonds. The van der Waals surface area contributed by atoms with Crippen molar-refractivity contribution in [2.75, 3.05) is 7.11 Å². The Hall–Kier alpha value is -1.77. The number of allylic oxidation sites excluding steroid dienone is 1. The Morgan fingerprint density at radius 3 is 2.65 bits per heavy atom. The topological polar surface area (TPSA) is 46.5 Å². The lowest BCUT2D eigenvalue weighted by Crippen LogP contribution is -2.22. The third-order valence-corrected chi connectivity index (χ3v) is 2.64. The van der Waals surface area contributed by atoms with Crippen LogP contribution in [0.25, 0.3) is 6.08 Å². The fraction of sp³-hybridized carbons (Fsp3) is 0.357. The molecule has 0 aliphatic rings. The average Bonchev–Trinajstić information content (AvgIpc) is 2.29. The van der Waals surface area contributed by atoms with Crippen LogP contribution in [0.5, 0.6) is 5.75 Å². The Bertz CT molecular complexity index is 419. The summed E-state index contributed by atoms with van der Waals surface area (Å²) in [5, 5.41) is 8.98. The van der Waals surface area contributed by atoms with Crippen molar-refractivity contribution in [3.05, 3.63) is 35.9 Å². The fourth-order valence-electron chi connectivity index (χ4n) is 1.37. The lowest BCUT2D eigenvalue weighted by atomic mass is 9.89. The van der Waals surface area contributed by atoms with Crippen LogP contribution in [0.2, 0.25) is 0 Å². The number of methoxy groups -OCH3 is 1. The maximum Gasteiger partial charge on any atom is 0.309 e. The van der Waals surface area contributed by atoms with E-state index in [4.69, 9.17) is 9.84 Å². The molecule has 0 saturated carbocycles. The highest BCUT2D eigenvalue weighted by molar-refractivity contribution is 5.74. The van der Waals surface area contributed by atoms with Gasteiger partial charge in [-0.1, -0.05) is 30.4 Å². The minimum absolute atomic E-state index is 0.486. The number of benzene rings is 1. The SMILES string of the molecule is COc1ccccc1C=CCC(C)(C)C(=O)O. The van der Waals surface area contributed by atoms with Gasteiger partial charge in [0.05, 0.1) is 12.5 Å². The van der Waals surface area contributed by atoms with Crippen molar-refractivity contribution < 1.29 is 14.6 Å². The quantitative estimate of drug-likeness (QED) is 0.851. The van der Waals surface area contributed by atoms with Crippen LogP contribution in [-0.2, 0) is 4.79 Å². The van der Waals surface area contributed by atoms with Crippen LogP contribution in [0.15, 0.2) is 30.3 Å². The molecule has 17 heavy (non-hydrogen) atoms. The van der Waals surface area contributed by atoms with Gasteiger partial charge < -0.3 is 9.84 Å². The van der Waals surface area contributed by atoms with E-state index in [-0.39, 0.29) is 0 Å². The van der Waals surface area contributed by atoms with Crippen molar-refractivity contribution in [1.29, 1.82) is 0 Å². The summed E-state index contributed by atoms with van der Waals surface area (Å²) in [7, 11) is 1.62. The number of carbonyl (C=O) groups is 1. The molecule has 92 valence electrons. The van der Waals surface area contributed by atoms with Crippen LogP contribution in [0.3, 0.4) is 0 Å². The first-order valence-corrected chi connectivity index (χ1v) is 5.50. The van der Waals surface area contributed by atoms with E-state index in [2.05, 4.69) is 0 Å². The second kappa shape index (κ2) is 5.53. The molecule has 1 aromatic rings. The molecule has 0 spiro atoms. The third kappa shape index (κ3) is 3.63. The van der Waals surface area contributed by atoms with Gasteiger partial charge in [-0.25, -0.2) is 0 Å². The summed E-state index contributed by atoms with van der Waals surface area (Å²) in [6.07, 6.45) is 4.25. The highest BCUT2D eigenvalue weighted by Crippen LogP contribution is 2.23. The van der Waals surface area contributed by atoms with Gasteiger partial charge in [0.15, 0.2) is 0 Å². The summed E-state index contributed by atoms with van der Waals surface area (Å²) in [5.74, 6) is -0.000872. The number of carboxylic acids is 1. The lowest BCUT2D eigenvalue weighted by molar-refractivity contribution is -0.146. The second-order valence-corrected chi connectivity index (χ2v) is 4.54. The number of hydrogen-bond acceptors (Lipinski definition) is 2. The minimum Gasteiger partial charge on any atom is -0.496 e. The monoisotopic (exact) mass is 234 g/mol. The highest BCUT2D eigenvalue weighted by Gasteiger charge is 2.25. The first-order valence-electron chi connectivity index (χ1n) is 5.50. The summed E-state index contributed by atoms with van der Waals surface area (Å²) in [4.78, 5) is 10.9. The van der Waals surface area contributed by atoms with Crippen molar-refractivity contribution >= 4 is 12.0 Å². The number of carboxylic acid groups (broad SMARTS) is 1. The van der Waals surface area contributed by atoms with Crippen molar-refractivity contribution in [1.82, 2.24) is 0 Å². The summed E-state index contributed by atoms with van der Waals surface area (Å²) in [6, 6.07) is 7.63. The van der Waals surface area contributed by atoms with Gasteiger partial charge in [0.1, 0.15) is 5.75 Å². The molecule has 1 rings (SSSR count). The van der Waals surface area contributed by atoms with Crippen molar-refractivity contribution in [3.8, 4) is 5.75 Å². The maximum atomic E-state index is 10.9. The molecule has 1 N–H and O–H groups in total. The van der Waals surface area contributed by atoms with Gasteiger partial charge in [0.2, 0.25) is 0 Å². The second-order valence-electron chi connectivity index (χ2n) is 4.54. The zero-order chi connectivity index (χ0) is 12.9. The Labute approximate surface area is 102 Å². The standard InChI is InChI=1S/C14H18O3/c1-14(2,13(15)16)10-6-8-11-7-4-5-9-12(11)17-3/h4-9H,10H2,1-3H3,(H,15,16). The zero-order valence-electron chi connectivity index (χ0n) is 10.4. The molecule has 0 unspecified atom stereocenters. The van der Waals surface area contributed by atoms with E-state index in [1.807, 2.05) is 36.4 Å². The molecule has 0 bridgehead atoms. The number of para-hydroxylation sites is 1. The Morgan fingerprint density at radius 1 is 1.41 bits per heavy atom. The van der Waals surface area contributed by atoms with Gasteiger partial charge in [-0.15, -0.1) is 0 Å². The summed E-state index contributed by atoms with van der Waals surface area (Å²) in [5.41, 5.74) is 0.217. The molecule has 0 aliphatic carbocycles. The van der Waals surface area contributed by atoms with Crippen LogP contribution in [0.1, 0.15) is 25.8 Å². The number of aliphatic carboxylic acids is 1. The molecular weight excluding hydrogens is 216 g/mol. The first-order chi connectivity index (χ1) is 7.97. The van der Waals surface area contributed by atoms with E-state index in [0.717, 1.165) is 11.3 Å². The Kier molecular flexibility index (Phi) is 4.32. The predicted molar refractivity (Wildman–Crippen MR) is 68.1 cm³/mol. The maximum absolute atomic E-state index is 10.9. The van der Waals surface area contributed by atoms with Crippen LogP contribution < -0.4 is 4.74 Å². The van der Waals surface area contributed by atoms with Gasteiger partial charge >= 0.3 is 5.97 Å². The summed E-state index contributed by atoms with van der Waals surface area (Å²) >= 11 is 0. The van der Waals surface area contributed by atoms with Gasteiger partial charge in [-0.3, -0.25) is 4.79 Å². The van der Waals surface area contributed by atoms with Gasteiger partial charge in [0, 0.05) is 5.56 Å². The molecule has 3 nitrogen and oxygen atoms in total. The van der Waals surface area contributed by atoms with Gasteiger partial charge in [-0.05, 0) is 26.3 Å². The van der Waals surface area contributed by atoms with Gasteiger partial charge in [0.25, 0.3) is 0 Å². The molecule has 0 heterocycles. The highest BCUT2D eigenvalue weighted by atomic mass is 16.5. The minimum atomic E-state index is -0.790. The third-order valence-electron chi connectivity index (χ3n) is 2.64. The molecule has 0 saturated heterocycles. The molecule has 1 aromatic carbocycles. The molecule has 0 aromatic heterocycles. The van der Waals surface area contributed by atoms with Crippen molar-refractivity contribution in [2.24, 2.45) is 5.41 Å². The van der Waals surface area contributed by atoms with Crippen LogP contribution >= 0.6 is 0 Å². The van der Waals surface area contributed by atoms with Crippen LogP contribution in [0.4, 0.5) is 0 Å². The van der Waals surface area contributed by atoms with Crippen molar-refractivity contribution in [2.45, 2.75) is 20.3 Å². The molecule has 0 fully saturated rings. The smallest absolute Gasteiger partial charge is 0.309 e. The molecule has 0 atom stereocenters. The molecule has 0 aliphatic heterocycles. The van der Waals surface area contributed by atoms with E-state index in [1.54, 1.807) is 21.0 Å². The molecule has 3 heteroatoms. The average molecular weight is 234 g/mol. The first kappa shape index (κ1) is 13.3. The van der Waals surface area contributed by atoms with E-state index in [9.17, 15) is 4.79 Å². The Morgan fingerprint density at radius 2 is 2.06 bits per heavy atom. The van der Waals surface area contributed by atoms with Crippen LogP contribution in [-0.4, -0.2) is 18.2 Å². The normalized spacial score (nSPS) is 11.7. The zero-order valence-corrected chi connectivity index (χ0v) is 10.4. The van der Waals surface area contributed by atoms with Crippen molar-refractivity contribution in [3.63, 3.8) is 0 Å². The predicted octanol–water partition coefficient (Wildman–Crippen LogP) is 3.21. The van der Waals surface area contributed by atoms with E-state index >= 15 is 0 Å². The lowest BCUT2D eigenvalue weighted by Gasteiger charge is -2.16. The number of ether oxygens (including phenoxy) is 1. The Balaban J connectivity index is 2.75. The van der Waals surface area contributed by atoms with Gasteiger partial charge in [-0.2, -0.15) is 0 Å². The summed E-state index contributed by atoms with van der Waals surface area (Å²) in [6.45, 7) is 3.42. The fourth-order valence-corrected chi connectivity index (χ4v) is 1.37. The molecular formula is C14H18O3. The largest absolute Gasteiger partial charge is 0.496 e. The summed E-state index contributed by atoms with van der Waals surface area (Å²) < 4.78 is 5.21.